The molecule has 11 nitrogen and oxygen atoms in total. The van der Waals surface area contributed by atoms with Gasteiger partial charge in [-0.1, -0.05) is 50.5 Å². The van der Waals surface area contributed by atoms with Gasteiger partial charge in [0.1, 0.15) is 0 Å². The van der Waals surface area contributed by atoms with Gasteiger partial charge in [0, 0.05) is 33.6 Å². The molecule has 11 heteroatoms. The monoisotopic (exact) mass is 554 g/mol. The van der Waals surface area contributed by atoms with Gasteiger partial charge in [-0.2, -0.15) is 0 Å². The Morgan fingerprint density at radius 2 is 1.51 bits per heavy atom. The molecule has 0 aromatic rings. The fourth-order valence-electron chi connectivity index (χ4n) is 5.05. The van der Waals surface area contributed by atoms with Crippen LogP contribution in [-0.2, 0) is 38.2 Å². The van der Waals surface area contributed by atoms with E-state index in [9.17, 15) is 34.2 Å². The summed E-state index contributed by atoms with van der Waals surface area (Å²) < 4.78 is 14.4. The van der Waals surface area contributed by atoms with E-state index in [0.717, 1.165) is 65.7 Å². The lowest BCUT2D eigenvalue weighted by Gasteiger charge is -2.39. The number of hydrogen-bond donors (Lipinski definition) is 3. The van der Waals surface area contributed by atoms with Gasteiger partial charge in [-0.05, 0) is 49.9 Å². The van der Waals surface area contributed by atoms with Crippen LogP contribution in [-0.4, -0.2) is 56.7 Å². The Bertz CT molecular complexity index is 906. The van der Waals surface area contributed by atoms with Crippen LogP contribution in [0.25, 0.3) is 0 Å². The summed E-state index contributed by atoms with van der Waals surface area (Å²) in [6.45, 7) is 4.68. The lowest BCUT2D eigenvalue weighted by Crippen LogP contribution is -2.65. The summed E-state index contributed by atoms with van der Waals surface area (Å²) in [6, 6.07) is 0. The van der Waals surface area contributed by atoms with Gasteiger partial charge < -0.3 is 29.5 Å². The largest absolute Gasteiger partial charge is 0.481 e. The molecule has 0 aliphatic heterocycles. The van der Waals surface area contributed by atoms with Gasteiger partial charge in [0.25, 0.3) is 0 Å². The molecule has 220 valence electrons. The Morgan fingerprint density at radius 3 is 2.03 bits per heavy atom. The number of allylic oxidation sites excluding steroid dienone is 3. The molecule has 1 aliphatic carbocycles. The third-order valence-corrected chi connectivity index (χ3v) is 6.69. The zero-order valence-electron chi connectivity index (χ0n) is 23.2. The fourth-order valence-corrected chi connectivity index (χ4v) is 5.05. The van der Waals surface area contributed by atoms with Crippen LogP contribution in [0.1, 0.15) is 91.9 Å². The van der Waals surface area contributed by atoms with Crippen molar-refractivity contribution in [2.24, 2.45) is 17.8 Å². The molecule has 0 saturated heterocycles. The topological polar surface area (TPSA) is 174 Å². The second-order valence-corrected chi connectivity index (χ2v) is 10.0. The molecule has 0 bridgehead atoms. The molecule has 1 saturated carbocycles. The Morgan fingerprint density at radius 1 is 0.897 bits per heavy atom. The summed E-state index contributed by atoms with van der Waals surface area (Å²) in [5, 5.41) is 30.0. The molecule has 0 spiro atoms. The molecule has 0 aromatic heterocycles. The van der Waals surface area contributed by atoms with E-state index in [0.29, 0.717) is 12.3 Å². The minimum atomic E-state index is -3.31. The maximum Gasteiger partial charge on any atom is 0.423 e. The molecule has 2 unspecified atom stereocenters. The maximum absolute atomic E-state index is 12.1. The molecular formula is C28H42O11. The molecule has 1 fully saturated rings. The van der Waals surface area contributed by atoms with Gasteiger partial charge in [-0.25, -0.2) is 4.79 Å². The standard InChI is InChI=1S/C28H42O11/c1-5-11-22(18-25(32)33)12-6-7-13-23-15-10-16-24(23)14-8-9-17-27(36,37-19(2)29)28(26(34)35,38-20(3)30)39-21(4)31/h7-9,13,22-24,36H,5-6,10-12,14-18H2,1-4H3,(H,32,33)(H,34,35)/b9-8-,13-7+/t22?,23-,24-,27?/m0/s1. The van der Waals surface area contributed by atoms with Crippen molar-refractivity contribution in [2.45, 2.75) is 103 Å². The zero-order valence-corrected chi connectivity index (χ0v) is 23.2. The Labute approximate surface area is 229 Å². The number of aliphatic carboxylic acids is 2. The Kier molecular flexibility index (Phi) is 13.9. The molecule has 3 N–H and O–H groups in total. The minimum absolute atomic E-state index is 0.160. The Balaban J connectivity index is 2.94. The summed E-state index contributed by atoms with van der Waals surface area (Å²) in [6.07, 6.45) is 14.0. The maximum atomic E-state index is 12.1. The number of carboxylic acid groups (broad SMARTS) is 2. The normalized spacial score (nSPS) is 19.9. The number of carboxylic acids is 2. The summed E-state index contributed by atoms with van der Waals surface area (Å²) in [4.78, 5) is 58.2. The molecular weight excluding hydrogens is 512 g/mol. The van der Waals surface area contributed by atoms with Gasteiger partial charge in [-0.3, -0.25) is 19.2 Å². The first-order valence-electron chi connectivity index (χ1n) is 13.3. The van der Waals surface area contributed by atoms with Crippen molar-refractivity contribution < 1.29 is 53.5 Å². The number of carbonyl (C=O) groups is 5. The molecule has 0 heterocycles. The van der Waals surface area contributed by atoms with Crippen LogP contribution < -0.4 is 0 Å². The summed E-state index contributed by atoms with van der Waals surface area (Å²) in [5.41, 5.74) is 0. The SMILES string of the molecule is CCCC(CC/C=C/[C@H]1CCC[C@@H]1C/C=C\CC(O)(OC(C)=O)C(OC(C)=O)(OC(C)=O)C(=O)O)CC(=O)O. The number of ether oxygens (including phenoxy) is 3. The number of carbonyl (C=O) groups excluding carboxylic acids is 3. The predicted molar refractivity (Wildman–Crippen MR) is 139 cm³/mol. The lowest BCUT2D eigenvalue weighted by molar-refractivity contribution is -0.349. The van der Waals surface area contributed by atoms with Crippen molar-refractivity contribution in [1.82, 2.24) is 0 Å². The van der Waals surface area contributed by atoms with Crippen molar-refractivity contribution in [3.8, 4) is 0 Å². The second-order valence-electron chi connectivity index (χ2n) is 10.0. The second kappa shape index (κ2) is 16.0. The van der Waals surface area contributed by atoms with Crippen LogP contribution in [0.15, 0.2) is 24.3 Å². The van der Waals surface area contributed by atoms with Crippen molar-refractivity contribution in [1.29, 1.82) is 0 Å². The van der Waals surface area contributed by atoms with E-state index in [1.54, 1.807) is 6.08 Å². The van der Waals surface area contributed by atoms with Crippen molar-refractivity contribution in [3.63, 3.8) is 0 Å². The molecule has 1 aliphatic rings. The first-order chi connectivity index (χ1) is 18.3. The van der Waals surface area contributed by atoms with E-state index in [-0.39, 0.29) is 18.3 Å². The number of aliphatic hydroxyl groups is 1. The first-order valence-corrected chi connectivity index (χ1v) is 13.3. The first kappa shape index (κ1) is 33.8. The lowest BCUT2D eigenvalue weighted by atomic mass is 9.90. The Hall–Kier alpha value is -3.21. The fraction of sp³-hybridized carbons (Fsp3) is 0.679. The molecule has 1 rings (SSSR count). The highest BCUT2D eigenvalue weighted by atomic mass is 16.8. The number of hydrogen-bond acceptors (Lipinski definition) is 9. The average Bonchev–Trinajstić information content (AvgIpc) is 3.24. The zero-order chi connectivity index (χ0) is 29.6. The van der Waals surface area contributed by atoms with Crippen molar-refractivity contribution in [2.75, 3.05) is 0 Å². The van der Waals surface area contributed by atoms with Crippen molar-refractivity contribution >= 4 is 29.8 Å². The van der Waals surface area contributed by atoms with E-state index >= 15 is 0 Å². The number of rotatable bonds is 17. The van der Waals surface area contributed by atoms with Crippen LogP contribution in [0.5, 0.6) is 0 Å². The molecule has 0 aromatic carbocycles. The van der Waals surface area contributed by atoms with E-state index < -0.39 is 47.8 Å². The van der Waals surface area contributed by atoms with E-state index in [1.165, 1.54) is 6.08 Å². The highest BCUT2D eigenvalue weighted by Crippen LogP contribution is 2.37. The third kappa shape index (κ3) is 10.8. The quantitative estimate of drug-likeness (QED) is 0.134. The van der Waals surface area contributed by atoms with Crippen LogP contribution in [0.2, 0.25) is 0 Å². The summed E-state index contributed by atoms with van der Waals surface area (Å²) in [7, 11) is 0. The van der Waals surface area contributed by atoms with Crippen LogP contribution in [0.4, 0.5) is 0 Å². The minimum Gasteiger partial charge on any atom is -0.481 e. The number of esters is 3. The molecule has 0 amide bonds. The predicted octanol–water partition coefficient (Wildman–Crippen LogP) is 4.13. The molecule has 0 radical (unpaired) electrons. The van der Waals surface area contributed by atoms with Gasteiger partial charge in [0.2, 0.25) is 0 Å². The van der Waals surface area contributed by atoms with Gasteiger partial charge in [-0.15, -0.1) is 0 Å². The van der Waals surface area contributed by atoms with Gasteiger partial charge in [0.05, 0.1) is 0 Å². The smallest absolute Gasteiger partial charge is 0.423 e. The van der Waals surface area contributed by atoms with Crippen LogP contribution >= 0.6 is 0 Å². The highest BCUT2D eigenvalue weighted by molar-refractivity contribution is 5.84. The van der Waals surface area contributed by atoms with E-state index in [4.69, 9.17) is 19.3 Å². The summed E-state index contributed by atoms with van der Waals surface area (Å²) in [5.74, 6) is -11.8. The average molecular weight is 555 g/mol. The summed E-state index contributed by atoms with van der Waals surface area (Å²) >= 11 is 0. The highest BCUT2D eigenvalue weighted by Gasteiger charge is 2.66. The van der Waals surface area contributed by atoms with Crippen molar-refractivity contribution in [3.05, 3.63) is 24.3 Å². The van der Waals surface area contributed by atoms with Crippen LogP contribution in [0, 0.1) is 17.8 Å². The van der Waals surface area contributed by atoms with Crippen LogP contribution in [0.3, 0.4) is 0 Å². The molecule has 4 atom stereocenters. The van der Waals surface area contributed by atoms with E-state index in [1.807, 2.05) is 6.92 Å². The van der Waals surface area contributed by atoms with Gasteiger partial charge in [0.15, 0.2) is 0 Å². The van der Waals surface area contributed by atoms with Gasteiger partial charge >= 0.3 is 41.4 Å². The third-order valence-electron chi connectivity index (χ3n) is 6.69. The molecule has 39 heavy (non-hydrogen) atoms. The van der Waals surface area contributed by atoms with E-state index in [2.05, 4.69) is 12.2 Å².